The van der Waals surface area contributed by atoms with Gasteiger partial charge in [-0.05, 0) is 25.8 Å². The summed E-state index contributed by atoms with van der Waals surface area (Å²) in [5.74, 6) is 1.32. The zero-order valence-corrected chi connectivity index (χ0v) is 14.0. The van der Waals surface area contributed by atoms with Gasteiger partial charge in [-0.2, -0.15) is 10.1 Å². The van der Waals surface area contributed by atoms with Crippen molar-refractivity contribution in [2.24, 2.45) is 0 Å². The van der Waals surface area contributed by atoms with Crippen LogP contribution in [0.2, 0.25) is 0 Å². The molecule has 1 aliphatic carbocycles. The summed E-state index contributed by atoms with van der Waals surface area (Å²) in [5, 5.41) is 8.49. The molecular weight excluding hydrogens is 306 g/mol. The SMILES string of the molecule is CCn1ccc(-c2nc(C3CC(=O)N(C4CCCCC4)C3)no2)n1. The number of aryl methyl sites for hydroxylation is 1. The second-order valence-corrected chi connectivity index (χ2v) is 6.75. The van der Waals surface area contributed by atoms with Crippen molar-refractivity contribution in [2.45, 2.75) is 64.0 Å². The minimum atomic E-state index is 0.0326. The summed E-state index contributed by atoms with van der Waals surface area (Å²) in [7, 11) is 0. The van der Waals surface area contributed by atoms with E-state index in [1.807, 2.05) is 28.8 Å². The third kappa shape index (κ3) is 2.83. The van der Waals surface area contributed by atoms with Crippen LogP contribution in [-0.4, -0.2) is 43.3 Å². The van der Waals surface area contributed by atoms with Gasteiger partial charge in [0.1, 0.15) is 0 Å². The lowest BCUT2D eigenvalue weighted by Crippen LogP contribution is -2.37. The van der Waals surface area contributed by atoms with Crippen molar-refractivity contribution in [3.8, 4) is 11.6 Å². The van der Waals surface area contributed by atoms with Crippen LogP contribution in [0.5, 0.6) is 0 Å². The molecule has 3 heterocycles. The molecule has 4 rings (SSSR count). The number of rotatable bonds is 4. The Hall–Kier alpha value is -2.18. The molecule has 1 saturated heterocycles. The van der Waals surface area contributed by atoms with Gasteiger partial charge in [-0.15, -0.1) is 0 Å². The number of likely N-dealkylation sites (tertiary alicyclic amines) is 1. The number of aromatic nitrogens is 4. The molecule has 7 nitrogen and oxygen atoms in total. The smallest absolute Gasteiger partial charge is 0.278 e. The van der Waals surface area contributed by atoms with Crippen LogP contribution in [0.1, 0.15) is 57.2 Å². The Morgan fingerprint density at radius 1 is 1.29 bits per heavy atom. The summed E-state index contributed by atoms with van der Waals surface area (Å²) < 4.78 is 7.19. The summed E-state index contributed by atoms with van der Waals surface area (Å²) >= 11 is 0. The van der Waals surface area contributed by atoms with E-state index in [0.29, 0.717) is 36.4 Å². The highest BCUT2D eigenvalue weighted by Crippen LogP contribution is 2.33. The normalized spacial score (nSPS) is 22.5. The van der Waals surface area contributed by atoms with Crippen molar-refractivity contribution in [2.75, 3.05) is 6.54 Å². The van der Waals surface area contributed by atoms with Gasteiger partial charge in [0.05, 0.1) is 0 Å². The van der Waals surface area contributed by atoms with Crippen LogP contribution in [0, 0.1) is 0 Å². The van der Waals surface area contributed by atoms with Crippen LogP contribution in [0.3, 0.4) is 0 Å². The highest BCUT2D eigenvalue weighted by molar-refractivity contribution is 5.80. The van der Waals surface area contributed by atoms with Crippen molar-refractivity contribution in [1.82, 2.24) is 24.8 Å². The van der Waals surface area contributed by atoms with E-state index < -0.39 is 0 Å². The Balaban J connectivity index is 1.47. The van der Waals surface area contributed by atoms with Crippen molar-refractivity contribution >= 4 is 5.91 Å². The van der Waals surface area contributed by atoms with Gasteiger partial charge in [0, 0.05) is 37.7 Å². The predicted molar refractivity (Wildman–Crippen MR) is 87.1 cm³/mol. The van der Waals surface area contributed by atoms with Crippen LogP contribution < -0.4 is 0 Å². The summed E-state index contributed by atoms with van der Waals surface area (Å²) in [4.78, 5) is 18.9. The summed E-state index contributed by atoms with van der Waals surface area (Å²) in [5.41, 5.74) is 0.684. The van der Waals surface area contributed by atoms with Crippen molar-refractivity contribution in [3.05, 3.63) is 18.1 Å². The summed E-state index contributed by atoms with van der Waals surface area (Å²) in [6.07, 6.45) is 8.38. The average molecular weight is 329 g/mol. The second kappa shape index (κ2) is 6.37. The van der Waals surface area contributed by atoms with Crippen LogP contribution in [0.15, 0.2) is 16.8 Å². The Labute approximate surface area is 141 Å². The zero-order chi connectivity index (χ0) is 16.5. The fourth-order valence-corrected chi connectivity index (χ4v) is 3.81. The molecule has 0 radical (unpaired) electrons. The first-order chi connectivity index (χ1) is 11.7. The number of nitrogens with zero attached hydrogens (tertiary/aromatic N) is 5. The molecule has 0 spiro atoms. The van der Waals surface area contributed by atoms with Crippen LogP contribution in [-0.2, 0) is 11.3 Å². The molecule has 1 atom stereocenters. The molecule has 2 aromatic rings. The largest absolute Gasteiger partial charge is 0.339 e. The van der Waals surface area contributed by atoms with Gasteiger partial charge in [-0.1, -0.05) is 24.4 Å². The summed E-state index contributed by atoms with van der Waals surface area (Å²) in [6, 6.07) is 2.28. The number of carbonyl (C=O) groups is 1. The van der Waals surface area contributed by atoms with E-state index in [1.54, 1.807) is 0 Å². The lowest BCUT2D eigenvalue weighted by Gasteiger charge is -2.31. The lowest BCUT2D eigenvalue weighted by atomic mass is 9.94. The highest BCUT2D eigenvalue weighted by atomic mass is 16.5. The molecule has 2 aromatic heterocycles. The molecule has 1 unspecified atom stereocenters. The Morgan fingerprint density at radius 3 is 2.88 bits per heavy atom. The monoisotopic (exact) mass is 329 g/mol. The van der Waals surface area contributed by atoms with Gasteiger partial charge in [0.25, 0.3) is 5.89 Å². The first kappa shape index (κ1) is 15.4. The first-order valence-electron chi connectivity index (χ1n) is 8.91. The van der Waals surface area contributed by atoms with E-state index in [0.717, 1.165) is 19.4 Å². The molecule has 2 fully saturated rings. The van der Waals surface area contributed by atoms with E-state index in [-0.39, 0.29) is 11.8 Å². The topological polar surface area (TPSA) is 77.0 Å². The maximum Gasteiger partial charge on any atom is 0.278 e. The van der Waals surface area contributed by atoms with Gasteiger partial charge in [-0.25, -0.2) is 0 Å². The van der Waals surface area contributed by atoms with Gasteiger partial charge in [0.15, 0.2) is 11.5 Å². The van der Waals surface area contributed by atoms with Crippen molar-refractivity contribution < 1.29 is 9.32 Å². The van der Waals surface area contributed by atoms with E-state index in [2.05, 4.69) is 15.2 Å². The molecule has 1 aliphatic heterocycles. The number of hydrogen-bond donors (Lipinski definition) is 0. The van der Waals surface area contributed by atoms with Gasteiger partial charge in [-0.3, -0.25) is 9.48 Å². The highest BCUT2D eigenvalue weighted by Gasteiger charge is 2.37. The molecule has 24 heavy (non-hydrogen) atoms. The average Bonchev–Trinajstić information content (AvgIpc) is 3.34. The van der Waals surface area contributed by atoms with Crippen LogP contribution in [0.4, 0.5) is 0 Å². The number of hydrogen-bond acceptors (Lipinski definition) is 5. The minimum Gasteiger partial charge on any atom is -0.339 e. The number of amides is 1. The third-order valence-electron chi connectivity index (χ3n) is 5.16. The standard InChI is InChI=1S/C17H23N5O2/c1-2-21-9-8-14(19-21)17-18-16(20-24-17)12-10-15(23)22(11-12)13-6-4-3-5-7-13/h8-9,12-13H,2-7,10-11H2,1H3. The molecule has 1 saturated carbocycles. The third-order valence-corrected chi connectivity index (χ3v) is 5.16. The quantitative estimate of drug-likeness (QED) is 0.861. The van der Waals surface area contributed by atoms with E-state index in [1.165, 1.54) is 19.3 Å². The minimum absolute atomic E-state index is 0.0326. The van der Waals surface area contributed by atoms with E-state index >= 15 is 0 Å². The maximum absolute atomic E-state index is 12.4. The molecule has 2 aliphatic rings. The first-order valence-corrected chi connectivity index (χ1v) is 8.91. The zero-order valence-electron chi connectivity index (χ0n) is 14.0. The van der Waals surface area contributed by atoms with Crippen molar-refractivity contribution in [1.29, 1.82) is 0 Å². The Morgan fingerprint density at radius 2 is 2.12 bits per heavy atom. The van der Waals surface area contributed by atoms with Crippen molar-refractivity contribution in [3.63, 3.8) is 0 Å². The summed E-state index contributed by atoms with van der Waals surface area (Å²) in [6.45, 7) is 3.54. The van der Waals surface area contributed by atoms with Gasteiger partial charge in [0.2, 0.25) is 5.91 Å². The molecule has 128 valence electrons. The Bertz CT molecular complexity index is 716. The molecule has 0 bridgehead atoms. The second-order valence-electron chi connectivity index (χ2n) is 6.75. The fourth-order valence-electron chi connectivity index (χ4n) is 3.81. The van der Waals surface area contributed by atoms with E-state index in [9.17, 15) is 4.79 Å². The molecule has 1 amide bonds. The van der Waals surface area contributed by atoms with Crippen LogP contribution in [0.25, 0.3) is 11.6 Å². The fraction of sp³-hybridized carbons (Fsp3) is 0.647. The van der Waals surface area contributed by atoms with Gasteiger partial charge < -0.3 is 9.42 Å². The predicted octanol–water partition coefficient (Wildman–Crippen LogP) is 2.60. The molecule has 7 heteroatoms. The maximum atomic E-state index is 12.4. The lowest BCUT2D eigenvalue weighted by molar-refractivity contribution is -0.130. The Kier molecular flexibility index (Phi) is 4.08. The van der Waals surface area contributed by atoms with Gasteiger partial charge >= 0.3 is 0 Å². The molecular formula is C17H23N5O2. The van der Waals surface area contributed by atoms with Crippen LogP contribution >= 0.6 is 0 Å². The molecule has 0 aromatic carbocycles. The number of carbonyl (C=O) groups excluding carboxylic acids is 1. The van der Waals surface area contributed by atoms with E-state index in [4.69, 9.17) is 4.52 Å². The molecule has 0 N–H and O–H groups in total.